The monoisotopic (exact) mass is 209 g/mol. The zero-order chi connectivity index (χ0) is 7.57. The zero-order valence-corrected chi connectivity index (χ0v) is 8.81. The largest absolute Gasteiger partial charge is 0.371 e. The zero-order valence-electron chi connectivity index (χ0n) is 7.17. The van der Waals surface area contributed by atoms with Crippen LogP contribution >= 0.6 is 24.2 Å². The summed E-state index contributed by atoms with van der Waals surface area (Å²) in [4.78, 5) is 0. The van der Waals surface area contributed by atoms with E-state index in [4.69, 9.17) is 4.74 Å². The fraction of sp³-hybridized carbons (Fsp3) is 1.00. The third-order valence-corrected chi connectivity index (χ3v) is 3.73. The number of thioether (sulfide) groups is 1. The van der Waals surface area contributed by atoms with Gasteiger partial charge in [0.15, 0.2) is 0 Å². The van der Waals surface area contributed by atoms with Crippen LogP contribution in [0.25, 0.3) is 0 Å². The van der Waals surface area contributed by atoms with E-state index in [-0.39, 0.29) is 18.0 Å². The molecule has 2 heterocycles. The normalized spacial score (nSPS) is 36.0. The maximum atomic E-state index is 5.82. The highest BCUT2D eigenvalue weighted by atomic mass is 35.5. The van der Waals surface area contributed by atoms with E-state index in [0.717, 1.165) is 19.7 Å². The Labute approximate surface area is 84.2 Å². The van der Waals surface area contributed by atoms with E-state index in [1.54, 1.807) is 0 Å². The molecule has 0 amide bonds. The molecular weight excluding hydrogens is 194 g/mol. The van der Waals surface area contributed by atoms with Gasteiger partial charge in [0.25, 0.3) is 0 Å². The molecule has 0 radical (unpaired) electrons. The molecular formula is C8H16ClNOS. The maximum absolute atomic E-state index is 5.82. The van der Waals surface area contributed by atoms with Gasteiger partial charge in [-0.2, -0.15) is 11.8 Å². The summed E-state index contributed by atoms with van der Waals surface area (Å²) in [6, 6.07) is 0. The Morgan fingerprint density at radius 2 is 2.33 bits per heavy atom. The number of morpholine rings is 1. The van der Waals surface area contributed by atoms with Gasteiger partial charge in [-0.05, 0) is 18.6 Å². The van der Waals surface area contributed by atoms with Gasteiger partial charge in [-0.3, -0.25) is 0 Å². The fourth-order valence-electron chi connectivity index (χ4n) is 1.79. The minimum Gasteiger partial charge on any atom is -0.371 e. The summed E-state index contributed by atoms with van der Waals surface area (Å²) in [5.41, 5.74) is 0.209. The minimum atomic E-state index is 0. The number of hydrogen-bond donors (Lipinski definition) is 1. The molecule has 0 aromatic heterocycles. The molecule has 72 valence electrons. The summed E-state index contributed by atoms with van der Waals surface area (Å²) < 4.78 is 5.82. The van der Waals surface area contributed by atoms with Crippen molar-refractivity contribution in [1.82, 2.24) is 5.32 Å². The fourth-order valence-corrected chi connectivity index (χ4v) is 2.98. The molecule has 12 heavy (non-hydrogen) atoms. The summed E-state index contributed by atoms with van der Waals surface area (Å²) in [7, 11) is 0. The van der Waals surface area contributed by atoms with Crippen molar-refractivity contribution in [2.45, 2.75) is 18.4 Å². The smallest absolute Gasteiger partial charge is 0.0897 e. The van der Waals surface area contributed by atoms with Crippen molar-refractivity contribution in [2.75, 3.05) is 31.2 Å². The van der Waals surface area contributed by atoms with E-state index >= 15 is 0 Å². The average molecular weight is 210 g/mol. The molecule has 1 atom stereocenters. The molecule has 1 spiro atoms. The SMILES string of the molecule is C1CSCC2(C1)CNCCO2.Cl. The van der Waals surface area contributed by atoms with E-state index < -0.39 is 0 Å². The van der Waals surface area contributed by atoms with E-state index in [2.05, 4.69) is 5.32 Å². The predicted molar refractivity (Wildman–Crippen MR) is 55.4 cm³/mol. The molecule has 1 unspecified atom stereocenters. The lowest BCUT2D eigenvalue weighted by Gasteiger charge is -2.40. The highest BCUT2D eigenvalue weighted by Crippen LogP contribution is 2.30. The van der Waals surface area contributed by atoms with Crippen LogP contribution in [0.15, 0.2) is 0 Å². The average Bonchev–Trinajstić information content (AvgIpc) is 2.07. The summed E-state index contributed by atoms with van der Waals surface area (Å²) in [6.45, 7) is 3.01. The van der Waals surface area contributed by atoms with Crippen molar-refractivity contribution < 1.29 is 4.74 Å². The summed E-state index contributed by atoms with van der Waals surface area (Å²) in [6.07, 6.45) is 2.58. The van der Waals surface area contributed by atoms with Gasteiger partial charge in [-0.15, -0.1) is 12.4 Å². The molecule has 4 heteroatoms. The molecule has 0 aromatic rings. The molecule has 0 aromatic carbocycles. The van der Waals surface area contributed by atoms with Crippen LogP contribution in [0.1, 0.15) is 12.8 Å². The van der Waals surface area contributed by atoms with Crippen LogP contribution in [-0.4, -0.2) is 36.8 Å². The topological polar surface area (TPSA) is 21.3 Å². The summed E-state index contributed by atoms with van der Waals surface area (Å²) >= 11 is 2.04. The highest BCUT2D eigenvalue weighted by molar-refractivity contribution is 7.99. The van der Waals surface area contributed by atoms with Crippen LogP contribution in [0.2, 0.25) is 0 Å². The lowest BCUT2D eigenvalue weighted by molar-refractivity contribution is -0.0558. The van der Waals surface area contributed by atoms with Gasteiger partial charge < -0.3 is 10.1 Å². The Hall–Kier alpha value is 0.560. The maximum Gasteiger partial charge on any atom is 0.0897 e. The molecule has 2 saturated heterocycles. The van der Waals surface area contributed by atoms with Crippen molar-refractivity contribution in [3.05, 3.63) is 0 Å². The van der Waals surface area contributed by atoms with E-state index in [1.165, 1.54) is 24.3 Å². The second kappa shape index (κ2) is 4.70. The molecule has 2 nitrogen and oxygen atoms in total. The van der Waals surface area contributed by atoms with Gasteiger partial charge in [0.2, 0.25) is 0 Å². The van der Waals surface area contributed by atoms with Gasteiger partial charge in [0.05, 0.1) is 12.2 Å². The number of halogens is 1. The molecule has 1 N–H and O–H groups in total. The van der Waals surface area contributed by atoms with Gasteiger partial charge in [0.1, 0.15) is 0 Å². The van der Waals surface area contributed by atoms with Crippen molar-refractivity contribution in [3.8, 4) is 0 Å². The molecule has 2 aliphatic heterocycles. The van der Waals surface area contributed by atoms with E-state index in [9.17, 15) is 0 Å². The van der Waals surface area contributed by atoms with E-state index in [1.807, 2.05) is 11.8 Å². The Kier molecular flexibility index (Phi) is 4.17. The van der Waals surface area contributed by atoms with Crippen molar-refractivity contribution >= 4 is 24.2 Å². The molecule has 0 bridgehead atoms. The summed E-state index contributed by atoms with van der Waals surface area (Å²) in [5.74, 6) is 2.52. The Balaban J connectivity index is 0.000000720. The number of hydrogen-bond acceptors (Lipinski definition) is 3. The quantitative estimate of drug-likeness (QED) is 0.650. The van der Waals surface area contributed by atoms with Crippen molar-refractivity contribution in [1.29, 1.82) is 0 Å². The van der Waals surface area contributed by atoms with Crippen molar-refractivity contribution in [2.24, 2.45) is 0 Å². The van der Waals surface area contributed by atoms with Gasteiger partial charge >= 0.3 is 0 Å². The van der Waals surface area contributed by atoms with Gasteiger partial charge in [0, 0.05) is 18.8 Å². The van der Waals surface area contributed by atoms with Crippen LogP contribution in [0, 0.1) is 0 Å². The second-order valence-corrected chi connectivity index (χ2v) is 4.47. The number of rotatable bonds is 0. The highest BCUT2D eigenvalue weighted by Gasteiger charge is 2.34. The third kappa shape index (κ3) is 2.28. The molecule has 2 aliphatic rings. The predicted octanol–water partition coefficient (Wildman–Crippen LogP) is 1.29. The molecule has 2 rings (SSSR count). The first-order valence-electron chi connectivity index (χ1n) is 4.34. The lowest BCUT2D eigenvalue weighted by Crippen LogP contribution is -2.52. The number of nitrogens with one attached hydrogen (secondary N) is 1. The van der Waals surface area contributed by atoms with Crippen LogP contribution < -0.4 is 5.32 Å². The van der Waals surface area contributed by atoms with Gasteiger partial charge in [-0.25, -0.2) is 0 Å². The van der Waals surface area contributed by atoms with Crippen LogP contribution in [0.3, 0.4) is 0 Å². The van der Waals surface area contributed by atoms with Crippen molar-refractivity contribution in [3.63, 3.8) is 0 Å². The third-order valence-electron chi connectivity index (χ3n) is 2.42. The lowest BCUT2D eigenvalue weighted by atomic mass is 9.98. The summed E-state index contributed by atoms with van der Waals surface area (Å²) in [5, 5.41) is 3.41. The first-order valence-corrected chi connectivity index (χ1v) is 5.49. The minimum absolute atomic E-state index is 0. The Morgan fingerprint density at radius 1 is 1.42 bits per heavy atom. The standard InChI is InChI=1S/C8H15NOS.ClH/c1-2-8(7-11-5-1)6-9-3-4-10-8;/h9H,1-7H2;1H. The van der Waals surface area contributed by atoms with Crippen LogP contribution in [-0.2, 0) is 4.74 Å². The molecule has 0 aliphatic carbocycles. The number of ether oxygens (including phenoxy) is 1. The first-order chi connectivity index (χ1) is 5.41. The van der Waals surface area contributed by atoms with Gasteiger partial charge in [-0.1, -0.05) is 0 Å². The Bertz CT molecular complexity index is 114. The van der Waals surface area contributed by atoms with E-state index in [0.29, 0.717) is 0 Å². The van der Waals surface area contributed by atoms with Crippen LogP contribution in [0.4, 0.5) is 0 Å². The Morgan fingerprint density at radius 3 is 2.92 bits per heavy atom. The molecule has 2 fully saturated rings. The first kappa shape index (κ1) is 10.6. The second-order valence-electron chi connectivity index (χ2n) is 3.36. The molecule has 0 saturated carbocycles. The van der Waals surface area contributed by atoms with Crippen LogP contribution in [0.5, 0.6) is 0 Å².